The van der Waals surface area contributed by atoms with Crippen LogP contribution < -0.4 is 10.6 Å². The Kier molecular flexibility index (Phi) is 4.81. The van der Waals surface area contributed by atoms with Gasteiger partial charge in [-0.2, -0.15) is 0 Å². The summed E-state index contributed by atoms with van der Waals surface area (Å²) >= 11 is 8.67. The van der Waals surface area contributed by atoms with Crippen LogP contribution in [0.4, 0.5) is 5.69 Å². The van der Waals surface area contributed by atoms with Crippen LogP contribution in [0, 0.1) is 0 Å². The summed E-state index contributed by atoms with van der Waals surface area (Å²) < 4.78 is 1.06. The molecule has 0 amide bonds. The molecule has 0 saturated carbocycles. The zero-order valence-electron chi connectivity index (χ0n) is 11.4. The Morgan fingerprint density at radius 2 is 2.16 bits per heavy atom. The fraction of sp³-hybridized carbons (Fsp3) is 0.500. The number of anilines is 1. The van der Waals surface area contributed by atoms with E-state index in [1.807, 2.05) is 12.1 Å². The van der Waals surface area contributed by atoms with E-state index in [4.69, 9.17) is 18.0 Å². The summed E-state index contributed by atoms with van der Waals surface area (Å²) in [7, 11) is 2.19. The fourth-order valence-corrected chi connectivity index (χ4v) is 3.36. The molecule has 1 atom stereocenters. The van der Waals surface area contributed by atoms with Gasteiger partial charge in [0, 0.05) is 29.2 Å². The normalized spacial score (nSPS) is 21.2. The fourth-order valence-electron chi connectivity index (χ4n) is 2.62. The summed E-state index contributed by atoms with van der Waals surface area (Å²) in [6, 6.07) is 6.63. The summed E-state index contributed by atoms with van der Waals surface area (Å²) in [6.07, 6.45) is 1.18. The van der Waals surface area contributed by atoms with Gasteiger partial charge in [-0.15, -0.1) is 0 Å². The lowest BCUT2D eigenvalue weighted by atomic mass is 10.1. The average Bonchev–Trinajstić information content (AvgIpc) is 2.50. The molecular formula is C14H20BrN3S. The summed E-state index contributed by atoms with van der Waals surface area (Å²) in [5.74, 6) is 0. The molecule has 1 fully saturated rings. The highest BCUT2D eigenvalue weighted by Crippen LogP contribution is 2.30. The van der Waals surface area contributed by atoms with Crippen LogP contribution in [0.1, 0.15) is 18.9 Å². The van der Waals surface area contributed by atoms with Gasteiger partial charge in [0.1, 0.15) is 4.99 Å². The van der Waals surface area contributed by atoms with Gasteiger partial charge in [-0.1, -0.05) is 12.2 Å². The summed E-state index contributed by atoms with van der Waals surface area (Å²) in [5.41, 5.74) is 7.80. The van der Waals surface area contributed by atoms with Crippen LogP contribution in [0.25, 0.3) is 0 Å². The van der Waals surface area contributed by atoms with Crippen molar-refractivity contribution in [3.05, 3.63) is 28.2 Å². The third-order valence-corrected chi connectivity index (χ3v) is 4.46. The second-order valence-corrected chi connectivity index (χ2v) is 6.48. The van der Waals surface area contributed by atoms with Gasteiger partial charge >= 0.3 is 0 Å². The summed E-state index contributed by atoms with van der Waals surface area (Å²) in [5, 5.41) is 0. The lowest BCUT2D eigenvalue weighted by Crippen LogP contribution is -2.38. The molecule has 104 valence electrons. The van der Waals surface area contributed by atoms with E-state index in [0.29, 0.717) is 11.0 Å². The Morgan fingerprint density at radius 3 is 2.79 bits per heavy atom. The van der Waals surface area contributed by atoms with Crippen LogP contribution >= 0.6 is 28.1 Å². The Bertz CT molecular complexity index is 478. The molecule has 1 aliphatic rings. The molecular weight excluding hydrogens is 322 g/mol. The average molecular weight is 342 g/mol. The van der Waals surface area contributed by atoms with Crippen molar-refractivity contribution in [1.82, 2.24) is 4.90 Å². The van der Waals surface area contributed by atoms with Crippen LogP contribution in [-0.4, -0.2) is 42.6 Å². The van der Waals surface area contributed by atoms with Crippen molar-refractivity contribution in [2.45, 2.75) is 19.4 Å². The van der Waals surface area contributed by atoms with E-state index in [1.165, 1.54) is 12.1 Å². The van der Waals surface area contributed by atoms with E-state index in [-0.39, 0.29) is 0 Å². The van der Waals surface area contributed by atoms with Gasteiger partial charge in [0.15, 0.2) is 0 Å². The van der Waals surface area contributed by atoms with Crippen LogP contribution in [0.15, 0.2) is 22.7 Å². The maximum Gasteiger partial charge on any atom is 0.104 e. The van der Waals surface area contributed by atoms with Gasteiger partial charge < -0.3 is 15.5 Å². The maximum absolute atomic E-state index is 5.67. The number of nitrogens with zero attached hydrogens (tertiary/aromatic N) is 2. The molecule has 2 N–H and O–H groups in total. The van der Waals surface area contributed by atoms with Crippen molar-refractivity contribution >= 4 is 38.8 Å². The number of likely N-dealkylation sites (N-methyl/N-ethyl adjacent to an activating group) is 1. The number of thiocarbonyl (C=S) groups is 1. The van der Waals surface area contributed by atoms with E-state index in [9.17, 15) is 0 Å². The number of rotatable bonds is 2. The van der Waals surface area contributed by atoms with Crippen molar-refractivity contribution < 1.29 is 0 Å². The first-order valence-corrected chi connectivity index (χ1v) is 7.73. The highest BCUT2D eigenvalue weighted by Gasteiger charge is 2.21. The van der Waals surface area contributed by atoms with E-state index in [0.717, 1.165) is 29.7 Å². The van der Waals surface area contributed by atoms with Crippen molar-refractivity contribution in [3.8, 4) is 0 Å². The first kappa shape index (κ1) is 14.8. The lowest BCUT2D eigenvalue weighted by Gasteiger charge is -2.31. The van der Waals surface area contributed by atoms with E-state index in [2.05, 4.69) is 45.8 Å². The number of halogens is 1. The van der Waals surface area contributed by atoms with E-state index >= 15 is 0 Å². The molecule has 0 aliphatic carbocycles. The third-order valence-electron chi connectivity index (χ3n) is 3.59. The molecule has 0 aromatic heterocycles. The second-order valence-electron chi connectivity index (χ2n) is 5.19. The summed E-state index contributed by atoms with van der Waals surface area (Å²) in [6.45, 7) is 5.60. The van der Waals surface area contributed by atoms with Crippen molar-refractivity contribution in [2.75, 3.05) is 31.6 Å². The van der Waals surface area contributed by atoms with Gasteiger partial charge in [-0.05, 0) is 61.1 Å². The Morgan fingerprint density at radius 1 is 1.42 bits per heavy atom. The van der Waals surface area contributed by atoms with Crippen molar-refractivity contribution in [1.29, 1.82) is 0 Å². The molecule has 1 aliphatic heterocycles. The Labute approximate surface area is 128 Å². The molecule has 1 heterocycles. The Balaban J connectivity index is 2.27. The molecule has 3 nitrogen and oxygen atoms in total. The number of hydrogen-bond acceptors (Lipinski definition) is 3. The largest absolute Gasteiger partial charge is 0.389 e. The SMILES string of the molecule is CC1CN(C)CCCN1c1ccc(C(N)=S)cc1Br. The summed E-state index contributed by atoms with van der Waals surface area (Å²) in [4.78, 5) is 5.29. The van der Waals surface area contributed by atoms with Crippen LogP contribution in [0.2, 0.25) is 0 Å². The van der Waals surface area contributed by atoms with Gasteiger partial charge in [0.2, 0.25) is 0 Å². The Hall–Kier alpha value is -0.650. The quantitative estimate of drug-likeness (QED) is 0.838. The highest BCUT2D eigenvalue weighted by atomic mass is 79.9. The zero-order valence-corrected chi connectivity index (χ0v) is 13.8. The molecule has 1 aromatic carbocycles. The highest BCUT2D eigenvalue weighted by molar-refractivity contribution is 9.10. The molecule has 1 unspecified atom stereocenters. The molecule has 2 rings (SSSR count). The first-order valence-electron chi connectivity index (χ1n) is 6.53. The van der Waals surface area contributed by atoms with E-state index in [1.54, 1.807) is 0 Å². The topological polar surface area (TPSA) is 32.5 Å². The number of nitrogens with two attached hydrogens (primary N) is 1. The zero-order chi connectivity index (χ0) is 14.0. The minimum Gasteiger partial charge on any atom is -0.389 e. The lowest BCUT2D eigenvalue weighted by molar-refractivity contribution is 0.337. The molecule has 5 heteroatoms. The van der Waals surface area contributed by atoms with E-state index < -0.39 is 0 Å². The van der Waals surface area contributed by atoms with Crippen LogP contribution in [0.5, 0.6) is 0 Å². The number of hydrogen-bond donors (Lipinski definition) is 1. The predicted octanol–water partition coefficient (Wildman–Crippen LogP) is 2.61. The second kappa shape index (κ2) is 6.20. The van der Waals surface area contributed by atoms with Crippen LogP contribution in [-0.2, 0) is 0 Å². The maximum atomic E-state index is 5.67. The third kappa shape index (κ3) is 3.46. The smallest absolute Gasteiger partial charge is 0.104 e. The molecule has 0 bridgehead atoms. The minimum atomic E-state index is 0.441. The molecule has 19 heavy (non-hydrogen) atoms. The van der Waals surface area contributed by atoms with Crippen molar-refractivity contribution in [3.63, 3.8) is 0 Å². The molecule has 1 saturated heterocycles. The predicted molar refractivity (Wildman–Crippen MR) is 89.0 cm³/mol. The standard InChI is InChI=1S/C14H20BrN3S/c1-10-9-17(2)6-3-7-18(10)13-5-4-11(14(16)19)8-12(13)15/h4-5,8,10H,3,6-7,9H2,1-2H3,(H2,16,19). The monoisotopic (exact) mass is 341 g/mol. The number of benzene rings is 1. The van der Waals surface area contributed by atoms with Gasteiger partial charge in [-0.25, -0.2) is 0 Å². The molecule has 1 aromatic rings. The van der Waals surface area contributed by atoms with Crippen LogP contribution in [0.3, 0.4) is 0 Å². The van der Waals surface area contributed by atoms with Gasteiger partial charge in [-0.3, -0.25) is 0 Å². The molecule has 0 spiro atoms. The minimum absolute atomic E-state index is 0.441. The van der Waals surface area contributed by atoms with Gasteiger partial charge in [0.25, 0.3) is 0 Å². The molecule has 0 radical (unpaired) electrons. The van der Waals surface area contributed by atoms with Crippen molar-refractivity contribution in [2.24, 2.45) is 5.73 Å². The van der Waals surface area contributed by atoms with Gasteiger partial charge in [0.05, 0.1) is 5.69 Å². The first-order chi connectivity index (χ1) is 8.99.